The molecule has 2 heterocycles. The van der Waals surface area contributed by atoms with Crippen LogP contribution in [0.3, 0.4) is 0 Å². The molecule has 0 saturated carbocycles. The highest BCUT2D eigenvalue weighted by molar-refractivity contribution is 7.98. The normalized spacial score (nSPS) is 11.2. The zero-order valence-corrected chi connectivity index (χ0v) is 16.5. The molecule has 0 spiro atoms. The van der Waals surface area contributed by atoms with Crippen molar-refractivity contribution in [3.63, 3.8) is 0 Å². The summed E-state index contributed by atoms with van der Waals surface area (Å²) in [7, 11) is 0. The Hall–Kier alpha value is -2.64. The van der Waals surface area contributed by atoms with Crippen molar-refractivity contribution in [1.29, 1.82) is 0 Å². The first-order chi connectivity index (χ1) is 13.1. The summed E-state index contributed by atoms with van der Waals surface area (Å²) in [5.41, 5.74) is 1.22. The monoisotopic (exact) mass is 395 g/mol. The van der Waals surface area contributed by atoms with E-state index in [0.29, 0.717) is 11.1 Å². The van der Waals surface area contributed by atoms with Gasteiger partial charge in [-0.2, -0.15) is 5.10 Å². The fourth-order valence-electron chi connectivity index (χ4n) is 3.06. The van der Waals surface area contributed by atoms with E-state index < -0.39 is 0 Å². The number of thiophene rings is 1. The molecule has 0 aliphatic heterocycles. The summed E-state index contributed by atoms with van der Waals surface area (Å²) in [4.78, 5) is 26.5. The molecular formula is C20H17N3O2S2. The summed E-state index contributed by atoms with van der Waals surface area (Å²) in [6, 6.07) is 15.4. The van der Waals surface area contributed by atoms with Crippen LogP contribution in [0.1, 0.15) is 5.69 Å². The van der Waals surface area contributed by atoms with E-state index in [4.69, 9.17) is 0 Å². The van der Waals surface area contributed by atoms with E-state index in [-0.39, 0.29) is 18.0 Å². The number of carbonyl (C=O) groups excluding carboxylic acids is 1. The molecule has 1 N–H and O–H groups in total. The molecule has 2 aromatic heterocycles. The van der Waals surface area contributed by atoms with Crippen LogP contribution in [-0.4, -0.2) is 21.9 Å². The number of amides is 1. The van der Waals surface area contributed by atoms with Crippen molar-refractivity contribution in [2.75, 3.05) is 11.6 Å². The van der Waals surface area contributed by atoms with E-state index >= 15 is 0 Å². The van der Waals surface area contributed by atoms with Crippen LogP contribution < -0.4 is 10.9 Å². The number of carbonyl (C=O) groups is 1. The van der Waals surface area contributed by atoms with Gasteiger partial charge in [-0.05, 0) is 37.4 Å². The molecule has 0 saturated heterocycles. The molecule has 2 aromatic carbocycles. The van der Waals surface area contributed by atoms with Crippen molar-refractivity contribution >= 4 is 54.9 Å². The molecule has 27 heavy (non-hydrogen) atoms. The molecule has 0 aliphatic carbocycles. The van der Waals surface area contributed by atoms with Crippen LogP contribution in [0, 0.1) is 6.92 Å². The first-order valence-corrected chi connectivity index (χ1v) is 10.4. The van der Waals surface area contributed by atoms with Gasteiger partial charge < -0.3 is 5.32 Å². The summed E-state index contributed by atoms with van der Waals surface area (Å²) < 4.78 is 3.18. The van der Waals surface area contributed by atoms with Crippen LogP contribution >= 0.6 is 23.1 Å². The predicted molar refractivity (Wildman–Crippen MR) is 113 cm³/mol. The molecule has 5 nitrogen and oxygen atoms in total. The average Bonchev–Trinajstić information content (AvgIpc) is 3.06. The molecule has 4 aromatic rings. The van der Waals surface area contributed by atoms with Gasteiger partial charge in [0.05, 0.1) is 15.8 Å². The van der Waals surface area contributed by atoms with E-state index in [9.17, 15) is 9.59 Å². The Balaban J connectivity index is 1.69. The zero-order valence-electron chi connectivity index (χ0n) is 14.9. The lowest BCUT2D eigenvalue weighted by molar-refractivity contribution is -0.117. The van der Waals surface area contributed by atoms with Gasteiger partial charge in [0, 0.05) is 20.7 Å². The van der Waals surface area contributed by atoms with Crippen LogP contribution in [0.15, 0.2) is 58.2 Å². The summed E-state index contributed by atoms with van der Waals surface area (Å²) in [6.45, 7) is 1.75. The van der Waals surface area contributed by atoms with Gasteiger partial charge in [0.15, 0.2) is 0 Å². The molecule has 0 fully saturated rings. The Morgan fingerprint density at radius 1 is 1.22 bits per heavy atom. The Morgan fingerprint density at radius 3 is 2.85 bits per heavy atom. The summed E-state index contributed by atoms with van der Waals surface area (Å²) in [6.07, 6.45) is 1.98. The molecular weight excluding hydrogens is 378 g/mol. The minimum Gasteiger partial charge on any atom is -0.324 e. The number of nitrogens with zero attached hydrogens (tertiary/aromatic N) is 2. The molecule has 7 heteroatoms. The summed E-state index contributed by atoms with van der Waals surface area (Å²) >= 11 is 3.16. The fraction of sp³-hybridized carbons (Fsp3) is 0.150. The Labute approximate surface area is 164 Å². The number of aromatic nitrogens is 2. The number of anilines is 1. The number of nitrogens with one attached hydrogen (secondary N) is 1. The van der Waals surface area contributed by atoms with Crippen LogP contribution in [-0.2, 0) is 11.3 Å². The average molecular weight is 396 g/mol. The van der Waals surface area contributed by atoms with Gasteiger partial charge in [-0.1, -0.05) is 24.3 Å². The minimum absolute atomic E-state index is 0.122. The number of benzene rings is 2. The number of rotatable bonds is 4. The maximum atomic E-state index is 13.0. The summed E-state index contributed by atoms with van der Waals surface area (Å²) in [5, 5.41) is 8.75. The van der Waals surface area contributed by atoms with Crippen molar-refractivity contribution in [1.82, 2.24) is 9.78 Å². The Bertz CT molecular complexity index is 1230. The van der Waals surface area contributed by atoms with Crippen LogP contribution in [0.25, 0.3) is 20.2 Å². The van der Waals surface area contributed by atoms with Gasteiger partial charge >= 0.3 is 0 Å². The first kappa shape index (κ1) is 17.8. The Kier molecular flexibility index (Phi) is 4.72. The molecule has 136 valence electrons. The Morgan fingerprint density at radius 2 is 2.04 bits per heavy atom. The summed E-state index contributed by atoms with van der Waals surface area (Å²) in [5.74, 6) is -0.277. The van der Waals surface area contributed by atoms with Gasteiger partial charge in [0.1, 0.15) is 6.54 Å². The third-order valence-corrected chi connectivity index (χ3v) is 6.29. The van der Waals surface area contributed by atoms with Gasteiger partial charge in [-0.15, -0.1) is 23.1 Å². The lowest BCUT2D eigenvalue weighted by atomic mass is 10.2. The van der Waals surface area contributed by atoms with Crippen molar-refractivity contribution in [2.24, 2.45) is 0 Å². The molecule has 4 rings (SSSR count). The number of hydrogen-bond donors (Lipinski definition) is 1. The number of thioether (sulfide) groups is 1. The molecule has 1 amide bonds. The fourth-order valence-corrected chi connectivity index (χ4v) is 4.65. The minimum atomic E-state index is -0.277. The standard InChI is InChI=1S/C20H17N3O2S2/c1-12-19-18(15-8-3-4-9-16(15)27-19)20(25)23(22-12)11-17(24)21-13-6-5-7-14(10-13)26-2/h3-10H,11H2,1-2H3,(H,21,24). The topological polar surface area (TPSA) is 64.0 Å². The molecule has 0 radical (unpaired) electrons. The number of hydrogen-bond acceptors (Lipinski definition) is 5. The lowest BCUT2D eigenvalue weighted by Gasteiger charge is -2.09. The van der Waals surface area contributed by atoms with Crippen LogP contribution in [0.4, 0.5) is 5.69 Å². The third kappa shape index (κ3) is 3.36. The number of aryl methyl sites for hydroxylation is 1. The van der Waals surface area contributed by atoms with Gasteiger partial charge in [-0.25, -0.2) is 4.68 Å². The van der Waals surface area contributed by atoms with Crippen molar-refractivity contribution in [3.05, 3.63) is 64.6 Å². The highest BCUT2D eigenvalue weighted by atomic mass is 32.2. The lowest BCUT2D eigenvalue weighted by Crippen LogP contribution is -2.30. The quantitative estimate of drug-likeness (QED) is 0.524. The second-order valence-corrected chi connectivity index (χ2v) is 8.06. The maximum absolute atomic E-state index is 13.0. The SMILES string of the molecule is CSc1cccc(NC(=O)Cn2nc(C)c3sc4ccccc4c3c2=O)c1. The van der Waals surface area contributed by atoms with Crippen molar-refractivity contribution in [3.8, 4) is 0 Å². The number of fused-ring (bicyclic) bond motifs is 3. The first-order valence-electron chi connectivity index (χ1n) is 8.39. The van der Waals surface area contributed by atoms with E-state index in [1.54, 1.807) is 23.1 Å². The van der Waals surface area contributed by atoms with E-state index in [1.165, 1.54) is 4.68 Å². The highest BCUT2D eigenvalue weighted by Gasteiger charge is 2.16. The van der Waals surface area contributed by atoms with Crippen molar-refractivity contribution < 1.29 is 4.79 Å². The van der Waals surface area contributed by atoms with E-state index in [1.807, 2.05) is 61.7 Å². The highest BCUT2D eigenvalue weighted by Crippen LogP contribution is 2.32. The van der Waals surface area contributed by atoms with Crippen LogP contribution in [0.2, 0.25) is 0 Å². The second-order valence-electron chi connectivity index (χ2n) is 6.13. The van der Waals surface area contributed by atoms with Crippen LogP contribution in [0.5, 0.6) is 0 Å². The zero-order chi connectivity index (χ0) is 19.0. The predicted octanol–water partition coefficient (Wildman–Crippen LogP) is 4.28. The molecule has 0 bridgehead atoms. The van der Waals surface area contributed by atoms with E-state index in [0.717, 1.165) is 25.4 Å². The molecule has 0 atom stereocenters. The van der Waals surface area contributed by atoms with Crippen molar-refractivity contribution in [2.45, 2.75) is 18.4 Å². The van der Waals surface area contributed by atoms with Gasteiger partial charge in [0.25, 0.3) is 5.56 Å². The molecule has 0 unspecified atom stereocenters. The van der Waals surface area contributed by atoms with E-state index in [2.05, 4.69) is 10.4 Å². The largest absolute Gasteiger partial charge is 0.324 e. The molecule has 0 aliphatic rings. The van der Waals surface area contributed by atoms with Gasteiger partial charge in [-0.3, -0.25) is 9.59 Å². The third-order valence-electron chi connectivity index (χ3n) is 4.29. The van der Waals surface area contributed by atoms with Gasteiger partial charge in [0.2, 0.25) is 5.91 Å². The maximum Gasteiger partial charge on any atom is 0.276 e. The smallest absolute Gasteiger partial charge is 0.276 e. The second kappa shape index (κ2) is 7.17.